The summed E-state index contributed by atoms with van der Waals surface area (Å²) in [5, 5.41) is 0. The number of benzene rings is 3. The first-order valence-corrected chi connectivity index (χ1v) is 17.2. The second-order valence-electron chi connectivity index (χ2n) is 13.4. The lowest BCUT2D eigenvalue weighted by Crippen LogP contribution is -2.27. The van der Waals surface area contributed by atoms with E-state index >= 15 is 0 Å². The van der Waals surface area contributed by atoms with Crippen LogP contribution in [0.25, 0.3) is 0 Å². The van der Waals surface area contributed by atoms with Crippen molar-refractivity contribution in [1.82, 2.24) is 0 Å². The minimum atomic E-state index is -0.0294. The van der Waals surface area contributed by atoms with Gasteiger partial charge in [-0.2, -0.15) is 4.58 Å². The Morgan fingerprint density at radius 2 is 1.50 bits per heavy atom. The van der Waals surface area contributed by atoms with Gasteiger partial charge in [-0.3, -0.25) is 0 Å². The second kappa shape index (κ2) is 12.1. The third-order valence-corrected chi connectivity index (χ3v) is 11.1. The minimum absolute atomic E-state index is 0.0294. The Balaban J connectivity index is 1.44. The zero-order chi connectivity index (χ0) is 31.1. The number of nitrogens with zero attached hydrogens (tertiary/aromatic N) is 2. The molecular formula is C41H47N2S+. The highest BCUT2D eigenvalue weighted by atomic mass is 32.2. The first-order chi connectivity index (χ1) is 21.2. The van der Waals surface area contributed by atoms with Crippen LogP contribution in [-0.2, 0) is 10.8 Å². The molecule has 0 unspecified atom stereocenters. The number of likely N-dealkylation sites (N-methyl/N-ethyl adjacent to an activating group) is 1. The molecule has 0 radical (unpaired) electrons. The lowest BCUT2D eigenvalue weighted by Gasteiger charge is -2.26. The first-order valence-electron chi connectivity index (χ1n) is 16.4. The van der Waals surface area contributed by atoms with Gasteiger partial charge in [-0.1, -0.05) is 91.9 Å². The highest BCUT2D eigenvalue weighted by Gasteiger charge is 2.43. The Morgan fingerprint density at radius 3 is 2.23 bits per heavy atom. The third-order valence-electron chi connectivity index (χ3n) is 9.83. The zero-order valence-corrected chi connectivity index (χ0v) is 28.4. The van der Waals surface area contributed by atoms with Crippen molar-refractivity contribution in [3.05, 3.63) is 136 Å². The summed E-state index contributed by atoms with van der Waals surface area (Å²) in [6.45, 7) is 18.1. The van der Waals surface area contributed by atoms with Gasteiger partial charge in [-0.15, -0.1) is 0 Å². The summed E-state index contributed by atoms with van der Waals surface area (Å²) in [5.41, 5.74) is 12.4. The van der Waals surface area contributed by atoms with E-state index in [2.05, 4.69) is 155 Å². The van der Waals surface area contributed by atoms with Crippen LogP contribution in [0.5, 0.6) is 0 Å². The summed E-state index contributed by atoms with van der Waals surface area (Å²) in [5.74, 6) is 0. The van der Waals surface area contributed by atoms with Crippen LogP contribution in [0.4, 0.5) is 11.4 Å². The Labute approximate surface area is 269 Å². The molecule has 0 amide bonds. The van der Waals surface area contributed by atoms with Gasteiger partial charge in [0.15, 0.2) is 5.71 Å². The molecule has 3 aliphatic rings. The van der Waals surface area contributed by atoms with Crippen molar-refractivity contribution in [2.45, 2.75) is 83.5 Å². The molecule has 0 aromatic heterocycles. The minimum Gasteiger partial charge on any atom is -0.344 e. The molecule has 3 heteroatoms. The number of para-hydroxylation sites is 2. The fourth-order valence-corrected chi connectivity index (χ4v) is 8.51. The molecule has 6 rings (SSSR count). The summed E-state index contributed by atoms with van der Waals surface area (Å²) < 4.78 is 2.50. The van der Waals surface area contributed by atoms with Crippen molar-refractivity contribution in [2.24, 2.45) is 0 Å². The van der Waals surface area contributed by atoms with Gasteiger partial charge in [0.1, 0.15) is 6.54 Å². The van der Waals surface area contributed by atoms with Crippen LogP contribution < -0.4 is 4.90 Å². The average Bonchev–Trinajstić information content (AvgIpc) is 3.38. The summed E-state index contributed by atoms with van der Waals surface area (Å²) in [4.78, 5) is 5.22. The Morgan fingerprint density at radius 1 is 0.795 bits per heavy atom. The fourth-order valence-electron chi connectivity index (χ4n) is 7.40. The molecule has 0 saturated carbocycles. The van der Waals surface area contributed by atoms with Gasteiger partial charge in [0.25, 0.3) is 0 Å². The van der Waals surface area contributed by atoms with Crippen LogP contribution >= 0.6 is 11.8 Å². The maximum atomic E-state index is 2.50. The molecule has 3 aromatic rings. The Bertz CT molecular complexity index is 1730. The molecule has 0 atom stereocenters. The lowest BCUT2D eigenvalue weighted by molar-refractivity contribution is -0.433. The number of aryl methyl sites for hydroxylation is 1. The second-order valence-corrected chi connectivity index (χ2v) is 14.4. The third kappa shape index (κ3) is 5.34. The normalized spacial score (nSPS) is 20.8. The lowest BCUT2D eigenvalue weighted by atomic mass is 9.81. The van der Waals surface area contributed by atoms with Crippen LogP contribution in [0.15, 0.2) is 124 Å². The predicted octanol–water partition coefficient (Wildman–Crippen LogP) is 10.8. The van der Waals surface area contributed by atoms with Crippen LogP contribution in [0.2, 0.25) is 0 Å². The largest absolute Gasteiger partial charge is 0.344 e. The number of thioether (sulfide) groups is 1. The van der Waals surface area contributed by atoms with Crippen LogP contribution in [0.1, 0.15) is 77.5 Å². The van der Waals surface area contributed by atoms with Crippen molar-refractivity contribution < 1.29 is 4.58 Å². The van der Waals surface area contributed by atoms with E-state index in [-0.39, 0.29) is 10.8 Å². The maximum absolute atomic E-state index is 2.50. The summed E-state index contributed by atoms with van der Waals surface area (Å²) in [6.07, 6.45) is 13.1. The molecule has 0 fully saturated rings. The molecule has 2 heterocycles. The number of hydrogen-bond donors (Lipinski definition) is 0. The molecule has 1 aliphatic carbocycles. The van der Waals surface area contributed by atoms with Crippen LogP contribution in [0, 0.1) is 6.92 Å². The zero-order valence-electron chi connectivity index (χ0n) is 27.6. The highest BCUT2D eigenvalue weighted by molar-refractivity contribution is 8.03. The van der Waals surface area contributed by atoms with Crippen molar-refractivity contribution in [3.8, 4) is 0 Å². The molecule has 44 heavy (non-hydrogen) atoms. The van der Waals surface area contributed by atoms with E-state index in [1.54, 1.807) is 0 Å². The van der Waals surface area contributed by atoms with Crippen LogP contribution in [0.3, 0.4) is 0 Å². The smallest absolute Gasteiger partial charge is 0.209 e. The van der Waals surface area contributed by atoms with Gasteiger partial charge in [0.2, 0.25) is 5.69 Å². The Kier molecular flexibility index (Phi) is 8.37. The predicted molar refractivity (Wildman–Crippen MR) is 191 cm³/mol. The van der Waals surface area contributed by atoms with Crippen molar-refractivity contribution in [1.29, 1.82) is 0 Å². The standard InChI is InChI=1S/C41H47N2S/c1-8-42-35-19-12-10-17-33(35)40(4,5)37(42)27-23-30-15-14-16-31(39(30)44-32-25-21-29(3)22-26-32)24-28-38-41(6,7)34-18-11-13-20-36(34)43(38)9-2/h10-13,17-28H,8-9,14-16H2,1-7H3/q+1. The van der Waals surface area contributed by atoms with E-state index in [1.807, 2.05) is 11.8 Å². The van der Waals surface area contributed by atoms with E-state index in [4.69, 9.17) is 0 Å². The molecule has 0 N–H and O–H groups in total. The van der Waals surface area contributed by atoms with Crippen molar-refractivity contribution in [2.75, 3.05) is 18.0 Å². The monoisotopic (exact) mass is 599 g/mol. The molecule has 0 saturated heterocycles. The van der Waals surface area contributed by atoms with E-state index in [0.717, 1.165) is 25.9 Å². The van der Waals surface area contributed by atoms with E-state index in [0.29, 0.717) is 0 Å². The van der Waals surface area contributed by atoms with Gasteiger partial charge < -0.3 is 4.90 Å². The highest BCUT2D eigenvalue weighted by Crippen LogP contribution is 2.48. The summed E-state index contributed by atoms with van der Waals surface area (Å²) in [7, 11) is 0. The van der Waals surface area contributed by atoms with Crippen molar-refractivity contribution >= 4 is 28.8 Å². The molecule has 2 nitrogen and oxygen atoms in total. The molecule has 3 aromatic carbocycles. The van der Waals surface area contributed by atoms with E-state index in [1.165, 1.54) is 66.8 Å². The summed E-state index contributed by atoms with van der Waals surface area (Å²) >= 11 is 1.94. The topological polar surface area (TPSA) is 6.25 Å². The number of fused-ring (bicyclic) bond motifs is 2. The van der Waals surface area contributed by atoms with Gasteiger partial charge in [-0.05, 0) is 94.9 Å². The van der Waals surface area contributed by atoms with Gasteiger partial charge in [0, 0.05) is 50.9 Å². The first kappa shape index (κ1) is 30.5. The van der Waals surface area contributed by atoms with E-state index < -0.39 is 0 Å². The fraction of sp³-hybridized carbons (Fsp3) is 0.341. The maximum Gasteiger partial charge on any atom is 0.209 e. The molecular weight excluding hydrogens is 553 g/mol. The van der Waals surface area contributed by atoms with Gasteiger partial charge in [0.05, 0.1) is 5.41 Å². The van der Waals surface area contributed by atoms with Gasteiger partial charge in [-0.25, -0.2) is 0 Å². The molecule has 0 bridgehead atoms. The average molecular weight is 600 g/mol. The van der Waals surface area contributed by atoms with Crippen LogP contribution in [-0.4, -0.2) is 23.4 Å². The number of hydrogen-bond acceptors (Lipinski definition) is 2. The Hall–Kier alpha value is -3.56. The van der Waals surface area contributed by atoms with E-state index in [9.17, 15) is 0 Å². The van der Waals surface area contributed by atoms with Gasteiger partial charge >= 0.3 is 0 Å². The number of allylic oxidation sites excluding steroid dienone is 7. The summed E-state index contributed by atoms with van der Waals surface area (Å²) in [6, 6.07) is 26.9. The molecule has 226 valence electrons. The molecule has 0 spiro atoms. The quantitative estimate of drug-likeness (QED) is 0.249. The van der Waals surface area contributed by atoms with Crippen molar-refractivity contribution in [3.63, 3.8) is 0 Å². The SMILES string of the molecule is CCN1/C(=C/C=C2\CCCC(/C=C/C3=[N+](CC)c4ccccc4C3(C)C)=C2Sc2ccc(C)cc2)C(C)(C)c2ccccc21. The number of rotatable bonds is 7. The number of anilines is 1. The molecule has 2 aliphatic heterocycles.